The fourth-order valence-corrected chi connectivity index (χ4v) is 8.66. The fourth-order valence-electron chi connectivity index (χ4n) is 7.94. The number of rotatable bonds is 54. The van der Waals surface area contributed by atoms with E-state index in [1.807, 2.05) is 27.2 Å². The number of amides is 1. The molecular weight excluding hydrogens is 984 g/mol. The van der Waals surface area contributed by atoms with Crippen molar-refractivity contribution in [1.82, 2.24) is 5.32 Å². The lowest BCUT2D eigenvalue weighted by Crippen LogP contribution is -2.45. The first-order valence-corrected chi connectivity index (χ1v) is 32.3. The lowest BCUT2D eigenvalue weighted by molar-refractivity contribution is -0.870. The van der Waals surface area contributed by atoms with E-state index in [0.717, 1.165) is 122 Å². The van der Waals surface area contributed by atoms with Gasteiger partial charge in [-0.1, -0.05) is 255 Å². The molecule has 0 saturated heterocycles. The SMILES string of the molecule is CC/C=C\C/C=C\C/C=C\C/C=C\C/C=C\C/C=C\C/C=C\C/C=C\C/C=C\C/C=C\C/C=C\CCCCCCCCCC(=O)NC(COP(=O)([O-])OCC[N+](C)(C)C)C(O)/C=C/CC/C=C/CCCCCCCCCCC. The van der Waals surface area contributed by atoms with Crippen LogP contribution in [0.25, 0.3) is 0 Å². The Morgan fingerprint density at radius 2 is 0.795 bits per heavy atom. The molecule has 8 nitrogen and oxygen atoms in total. The van der Waals surface area contributed by atoms with Gasteiger partial charge in [0.15, 0.2) is 0 Å². The van der Waals surface area contributed by atoms with Gasteiger partial charge in [-0.25, -0.2) is 0 Å². The van der Waals surface area contributed by atoms with Gasteiger partial charge >= 0.3 is 0 Å². The van der Waals surface area contributed by atoms with Crippen molar-refractivity contribution in [3.63, 3.8) is 0 Å². The number of allylic oxidation sites excluding steroid dienone is 25. The number of nitrogens with one attached hydrogen (secondary N) is 1. The van der Waals surface area contributed by atoms with Crippen LogP contribution in [0.2, 0.25) is 0 Å². The van der Waals surface area contributed by atoms with Crippen LogP contribution in [0, 0.1) is 0 Å². The summed E-state index contributed by atoms with van der Waals surface area (Å²) in [6, 6.07) is -0.921. The van der Waals surface area contributed by atoms with E-state index in [2.05, 4.69) is 165 Å². The van der Waals surface area contributed by atoms with Crippen molar-refractivity contribution < 1.29 is 32.9 Å². The highest BCUT2D eigenvalue weighted by molar-refractivity contribution is 7.45. The normalized spacial score (nSPS) is 14.9. The Balaban J connectivity index is 4.18. The van der Waals surface area contributed by atoms with Gasteiger partial charge in [-0.05, 0) is 116 Å². The van der Waals surface area contributed by atoms with Crippen LogP contribution in [0.1, 0.15) is 219 Å². The molecule has 0 aromatic carbocycles. The maximum atomic E-state index is 13.0. The Morgan fingerprint density at radius 1 is 0.462 bits per heavy atom. The van der Waals surface area contributed by atoms with Crippen LogP contribution in [0.3, 0.4) is 0 Å². The van der Waals surface area contributed by atoms with Crippen LogP contribution in [0.15, 0.2) is 158 Å². The average molecular weight is 1100 g/mol. The van der Waals surface area contributed by atoms with Gasteiger partial charge in [0, 0.05) is 6.42 Å². The second-order valence-corrected chi connectivity index (χ2v) is 22.7. The molecule has 1 amide bonds. The number of carbonyl (C=O) groups excluding carboxylic acids is 1. The lowest BCUT2D eigenvalue weighted by Gasteiger charge is -2.29. The molecule has 0 spiro atoms. The predicted octanol–water partition coefficient (Wildman–Crippen LogP) is 18.8. The van der Waals surface area contributed by atoms with Crippen molar-refractivity contribution in [2.75, 3.05) is 40.9 Å². The second-order valence-electron chi connectivity index (χ2n) is 21.3. The van der Waals surface area contributed by atoms with Gasteiger partial charge in [-0.15, -0.1) is 0 Å². The molecule has 0 aliphatic carbocycles. The number of unbranched alkanes of at least 4 members (excludes halogenated alkanes) is 17. The van der Waals surface area contributed by atoms with Gasteiger partial charge in [-0.2, -0.15) is 0 Å². The van der Waals surface area contributed by atoms with Gasteiger partial charge in [-0.3, -0.25) is 9.36 Å². The standard InChI is InChI=1S/C69H115N2O6P/c1-6-8-10-12-14-16-18-20-22-23-24-25-26-27-28-29-30-31-32-33-34-35-36-37-38-39-40-41-42-43-44-45-46-47-49-51-53-55-57-59-61-63-69(73)70-67(66-77-78(74,75)76-65-64-71(3,4)5)68(72)62-60-58-56-54-52-50-48-21-19-17-15-13-11-9-7-2/h8,10,14,16,20,22,24-25,27-28,30-31,33-34,36-37,39-40,42-43,45-46,52,54,60,62,67-68,72H,6-7,9,11-13,15,17-19,21,23,26,29,32,35,38,41,44,47-51,53,55-59,61,63-66H2,1-5H3,(H-,70,73,74,75)/b10-8-,16-14-,22-20-,25-24-,28-27-,31-30-,34-33-,37-36-,40-39-,43-42-,46-45-,54-52+,62-60+. The van der Waals surface area contributed by atoms with E-state index in [-0.39, 0.29) is 12.5 Å². The second kappa shape index (κ2) is 57.8. The molecule has 78 heavy (non-hydrogen) atoms. The minimum Gasteiger partial charge on any atom is -0.756 e. The first kappa shape index (κ1) is 74.1. The van der Waals surface area contributed by atoms with Crippen molar-refractivity contribution in [3.05, 3.63) is 158 Å². The van der Waals surface area contributed by atoms with Gasteiger partial charge in [0.1, 0.15) is 13.2 Å². The molecule has 0 aromatic rings. The Bertz CT molecular complexity index is 1820. The molecule has 0 bridgehead atoms. The van der Waals surface area contributed by atoms with Crippen LogP contribution in [0.5, 0.6) is 0 Å². The van der Waals surface area contributed by atoms with E-state index in [1.165, 1.54) is 77.0 Å². The summed E-state index contributed by atoms with van der Waals surface area (Å²) in [6.45, 7) is 4.48. The third-order valence-corrected chi connectivity index (χ3v) is 13.7. The molecule has 3 unspecified atom stereocenters. The number of hydrogen-bond acceptors (Lipinski definition) is 6. The van der Waals surface area contributed by atoms with E-state index >= 15 is 0 Å². The fraction of sp³-hybridized carbons (Fsp3) is 0.609. The summed E-state index contributed by atoms with van der Waals surface area (Å²) in [5.74, 6) is -0.225. The number of carbonyl (C=O) groups is 1. The van der Waals surface area contributed by atoms with Crippen molar-refractivity contribution in [1.29, 1.82) is 0 Å². The smallest absolute Gasteiger partial charge is 0.268 e. The van der Waals surface area contributed by atoms with Gasteiger partial charge in [0.2, 0.25) is 5.91 Å². The van der Waals surface area contributed by atoms with Crippen LogP contribution in [-0.2, 0) is 18.4 Å². The molecule has 2 N–H and O–H groups in total. The Labute approximate surface area is 480 Å². The van der Waals surface area contributed by atoms with Crippen molar-refractivity contribution in [3.8, 4) is 0 Å². The Hall–Kier alpha value is -3.88. The number of hydrogen-bond donors (Lipinski definition) is 2. The molecule has 0 saturated carbocycles. The zero-order valence-electron chi connectivity index (χ0n) is 50.3. The first-order valence-electron chi connectivity index (χ1n) is 30.8. The van der Waals surface area contributed by atoms with E-state index in [4.69, 9.17) is 9.05 Å². The highest BCUT2D eigenvalue weighted by Gasteiger charge is 2.23. The molecule has 0 fully saturated rings. The zero-order valence-corrected chi connectivity index (χ0v) is 51.2. The van der Waals surface area contributed by atoms with E-state index in [9.17, 15) is 19.4 Å². The molecule has 0 aliphatic rings. The molecule has 0 aromatic heterocycles. The summed E-state index contributed by atoms with van der Waals surface area (Å²) in [4.78, 5) is 25.5. The van der Waals surface area contributed by atoms with Crippen molar-refractivity contribution >= 4 is 13.7 Å². The summed E-state index contributed by atoms with van der Waals surface area (Å²) in [5, 5.41) is 13.8. The maximum absolute atomic E-state index is 13.0. The summed E-state index contributed by atoms with van der Waals surface area (Å²) in [6.07, 6.45) is 90.5. The number of phosphoric acid groups is 1. The minimum atomic E-state index is -4.62. The average Bonchev–Trinajstić information content (AvgIpc) is 3.41. The molecule has 9 heteroatoms. The molecule has 0 heterocycles. The number of nitrogens with zero attached hydrogens (tertiary/aromatic N) is 1. The number of quaternary nitrogens is 1. The number of likely N-dealkylation sites (N-methyl/N-ethyl adjacent to an activating group) is 1. The maximum Gasteiger partial charge on any atom is 0.268 e. The van der Waals surface area contributed by atoms with E-state index in [0.29, 0.717) is 17.4 Å². The molecule has 0 radical (unpaired) electrons. The molecule has 0 aliphatic heterocycles. The van der Waals surface area contributed by atoms with Crippen molar-refractivity contribution in [2.45, 2.75) is 231 Å². The number of aliphatic hydroxyl groups is 1. The van der Waals surface area contributed by atoms with Crippen LogP contribution < -0.4 is 10.2 Å². The quantitative estimate of drug-likeness (QED) is 0.0272. The van der Waals surface area contributed by atoms with Crippen LogP contribution >= 0.6 is 7.82 Å². The van der Waals surface area contributed by atoms with E-state index in [1.54, 1.807) is 6.08 Å². The molecular formula is C69H115N2O6P. The van der Waals surface area contributed by atoms with Crippen LogP contribution in [0.4, 0.5) is 0 Å². The highest BCUT2D eigenvalue weighted by Crippen LogP contribution is 2.38. The molecule has 0 rings (SSSR count). The molecule has 3 atom stereocenters. The third kappa shape index (κ3) is 59.8. The Morgan fingerprint density at radius 3 is 1.19 bits per heavy atom. The van der Waals surface area contributed by atoms with E-state index < -0.39 is 26.6 Å². The predicted molar refractivity (Wildman–Crippen MR) is 338 cm³/mol. The summed E-state index contributed by atoms with van der Waals surface area (Å²) >= 11 is 0. The summed E-state index contributed by atoms with van der Waals surface area (Å²) in [7, 11) is 1.21. The van der Waals surface area contributed by atoms with Crippen molar-refractivity contribution in [2.24, 2.45) is 0 Å². The number of phosphoric ester groups is 1. The zero-order chi connectivity index (χ0) is 57.0. The highest BCUT2D eigenvalue weighted by atomic mass is 31.2. The summed E-state index contributed by atoms with van der Waals surface area (Å²) < 4.78 is 23.3. The Kier molecular flexibility index (Phi) is 54.9. The minimum absolute atomic E-state index is 0.0167. The third-order valence-electron chi connectivity index (χ3n) is 12.7. The van der Waals surface area contributed by atoms with Gasteiger partial charge < -0.3 is 28.8 Å². The van der Waals surface area contributed by atoms with Gasteiger partial charge in [0.25, 0.3) is 7.82 Å². The molecule has 442 valence electrons. The monoisotopic (exact) mass is 1100 g/mol. The topological polar surface area (TPSA) is 108 Å². The van der Waals surface area contributed by atoms with Crippen LogP contribution in [-0.4, -0.2) is 68.5 Å². The van der Waals surface area contributed by atoms with Gasteiger partial charge in [0.05, 0.1) is 39.9 Å². The number of aliphatic hydroxyl groups excluding tert-OH is 1. The summed E-state index contributed by atoms with van der Waals surface area (Å²) in [5.41, 5.74) is 0. The lowest BCUT2D eigenvalue weighted by atomic mass is 10.1. The largest absolute Gasteiger partial charge is 0.756 e. The first-order chi connectivity index (χ1) is 38.0.